The lowest BCUT2D eigenvalue weighted by Crippen LogP contribution is -2.11. The Balaban J connectivity index is 3.08. The number of benzene rings is 1. The van der Waals surface area contributed by atoms with Gasteiger partial charge in [-0.1, -0.05) is 12.2 Å². The minimum atomic E-state index is -4.88. The van der Waals surface area contributed by atoms with E-state index in [0.717, 1.165) is 0 Å². The molecule has 0 unspecified atom stereocenters. The van der Waals surface area contributed by atoms with Crippen LogP contribution in [0.1, 0.15) is 11.1 Å². The van der Waals surface area contributed by atoms with E-state index in [1.165, 1.54) is 12.2 Å². The summed E-state index contributed by atoms with van der Waals surface area (Å²) in [7, 11) is 0. The quantitative estimate of drug-likeness (QED) is 0.681. The van der Waals surface area contributed by atoms with E-state index < -0.39 is 29.2 Å². The molecule has 2 N–H and O–H groups in total. The molecule has 0 saturated heterocycles. The van der Waals surface area contributed by atoms with Crippen LogP contribution in [0.4, 0.5) is 26.3 Å². The standard InChI is InChI=1S/C12H11F6NO/c13-11(14,15)8-5-9(12(16,17)18)7-10(6-8)20-4-2-1-3-19/h1-2,5-7H,3-4,19H2. The van der Waals surface area contributed by atoms with Gasteiger partial charge in [0.1, 0.15) is 12.4 Å². The van der Waals surface area contributed by atoms with Gasteiger partial charge in [-0.2, -0.15) is 26.3 Å². The minimum Gasteiger partial charge on any atom is -0.490 e. The van der Waals surface area contributed by atoms with Crippen LogP contribution in [-0.4, -0.2) is 13.2 Å². The normalized spacial score (nSPS) is 12.9. The summed E-state index contributed by atoms with van der Waals surface area (Å²) in [4.78, 5) is 0. The first-order valence-corrected chi connectivity index (χ1v) is 5.42. The number of nitrogens with two attached hydrogens (primary N) is 1. The lowest BCUT2D eigenvalue weighted by molar-refractivity contribution is -0.143. The van der Waals surface area contributed by atoms with Gasteiger partial charge in [0.2, 0.25) is 0 Å². The lowest BCUT2D eigenvalue weighted by atomic mass is 10.1. The van der Waals surface area contributed by atoms with Crippen LogP contribution < -0.4 is 10.5 Å². The molecular weight excluding hydrogens is 288 g/mol. The van der Waals surface area contributed by atoms with Gasteiger partial charge < -0.3 is 10.5 Å². The van der Waals surface area contributed by atoms with Gasteiger partial charge in [-0.05, 0) is 18.2 Å². The number of alkyl halides is 6. The highest BCUT2D eigenvalue weighted by Crippen LogP contribution is 2.38. The van der Waals surface area contributed by atoms with Crippen molar-refractivity contribution < 1.29 is 31.1 Å². The second-order valence-electron chi connectivity index (χ2n) is 3.76. The Morgan fingerprint density at radius 3 is 1.80 bits per heavy atom. The number of ether oxygens (including phenoxy) is 1. The summed E-state index contributed by atoms with van der Waals surface area (Å²) in [5.41, 5.74) is 2.31. The summed E-state index contributed by atoms with van der Waals surface area (Å²) in [6.45, 7) is 0.0234. The molecule has 112 valence electrons. The molecule has 0 aromatic heterocycles. The fraction of sp³-hybridized carbons (Fsp3) is 0.333. The van der Waals surface area contributed by atoms with E-state index in [4.69, 9.17) is 10.5 Å². The van der Waals surface area contributed by atoms with Gasteiger partial charge in [0, 0.05) is 6.54 Å². The number of hydrogen-bond acceptors (Lipinski definition) is 2. The van der Waals surface area contributed by atoms with Crippen molar-refractivity contribution >= 4 is 0 Å². The molecule has 0 amide bonds. The van der Waals surface area contributed by atoms with Gasteiger partial charge >= 0.3 is 12.4 Å². The summed E-state index contributed by atoms with van der Waals surface area (Å²) in [5.74, 6) is -0.506. The molecule has 0 aliphatic heterocycles. The Morgan fingerprint density at radius 2 is 1.40 bits per heavy atom. The Kier molecular flexibility index (Phi) is 5.04. The average Bonchev–Trinajstić information content (AvgIpc) is 2.32. The molecule has 1 rings (SSSR count). The third-order valence-corrected chi connectivity index (χ3v) is 2.21. The van der Waals surface area contributed by atoms with Crippen LogP contribution in [0, 0.1) is 0 Å². The maximum atomic E-state index is 12.5. The summed E-state index contributed by atoms with van der Waals surface area (Å²) >= 11 is 0. The monoisotopic (exact) mass is 299 g/mol. The Bertz CT molecular complexity index is 446. The highest BCUT2D eigenvalue weighted by atomic mass is 19.4. The van der Waals surface area contributed by atoms with Crippen LogP contribution in [0.15, 0.2) is 30.4 Å². The molecule has 20 heavy (non-hydrogen) atoms. The van der Waals surface area contributed by atoms with Crippen molar-refractivity contribution in [3.63, 3.8) is 0 Å². The van der Waals surface area contributed by atoms with Gasteiger partial charge in [-0.15, -0.1) is 0 Å². The topological polar surface area (TPSA) is 35.2 Å². The van der Waals surface area contributed by atoms with Gasteiger partial charge in [0.05, 0.1) is 11.1 Å². The predicted octanol–water partition coefficient (Wildman–Crippen LogP) is 3.62. The van der Waals surface area contributed by atoms with Crippen molar-refractivity contribution in [2.75, 3.05) is 13.2 Å². The van der Waals surface area contributed by atoms with Crippen molar-refractivity contribution in [2.24, 2.45) is 5.73 Å². The van der Waals surface area contributed by atoms with Crippen molar-refractivity contribution in [3.8, 4) is 5.75 Å². The zero-order chi connectivity index (χ0) is 15.4. The van der Waals surface area contributed by atoms with E-state index in [2.05, 4.69) is 0 Å². The third kappa shape index (κ3) is 4.76. The van der Waals surface area contributed by atoms with Crippen molar-refractivity contribution in [1.82, 2.24) is 0 Å². The van der Waals surface area contributed by atoms with Crippen LogP contribution in [0.3, 0.4) is 0 Å². The van der Waals surface area contributed by atoms with Gasteiger partial charge in [0.15, 0.2) is 0 Å². The first kappa shape index (κ1) is 16.4. The van der Waals surface area contributed by atoms with Crippen LogP contribution in [0.5, 0.6) is 5.75 Å². The first-order valence-electron chi connectivity index (χ1n) is 5.42. The predicted molar refractivity (Wildman–Crippen MR) is 60.1 cm³/mol. The molecular formula is C12H11F6NO. The van der Waals surface area contributed by atoms with E-state index in [-0.39, 0.29) is 19.2 Å². The fourth-order valence-corrected chi connectivity index (χ4v) is 1.32. The van der Waals surface area contributed by atoms with Crippen molar-refractivity contribution in [2.45, 2.75) is 12.4 Å². The zero-order valence-corrected chi connectivity index (χ0v) is 10.1. The maximum Gasteiger partial charge on any atom is 0.416 e. The van der Waals surface area contributed by atoms with E-state index in [1.807, 2.05) is 0 Å². The first-order chi connectivity index (χ1) is 9.14. The molecule has 0 heterocycles. The summed E-state index contributed by atoms with van der Waals surface area (Å²) < 4.78 is 80.0. The molecule has 0 aliphatic carbocycles. The minimum absolute atomic E-state index is 0.0442. The second kappa shape index (κ2) is 6.17. The van der Waals surface area contributed by atoms with Gasteiger partial charge in [-0.25, -0.2) is 0 Å². The highest BCUT2D eigenvalue weighted by molar-refractivity contribution is 5.37. The molecule has 0 atom stereocenters. The van der Waals surface area contributed by atoms with E-state index >= 15 is 0 Å². The summed E-state index contributed by atoms with van der Waals surface area (Å²) in [6.07, 6.45) is -6.90. The van der Waals surface area contributed by atoms with Gasteiger partial charge in [0.25, 0.3) is 0 Å². The zero-order valence-electron chi connectivity index (χ0n) is 10.1. The average molecular weight is 299 g/mol. The van der Waals surface area contributed by atoms with Crippen LogP contribution in [0.2, 0.25) is 0 Å². The largest absolute Gasteiger partial charge is 0.490 e. The van der Waals surface area contributed by atoms with E-state index in [9.17, 15) is 26.3 Å². The molecule has 0 saturated carbocycles. The van der Waals surface area contributed by atoms with E-state index in [0.29, 0.717) is 12.1 Å². The fourth-order valence-electron chi connectivity index (χ4n) is 1.32. The van der Waals surface area contributed by atoms with Crippen LogP contribution >= 0.6 is 0 Å². The number of rotatable bonds is 4. The molecule has 0 radical (unpaired) electrons. The summed E-state index contributed by atoms with van der Waals surface area (Å²) in [6, 6.07) is 1.08. The maximum absolute atomic E-state index is 12.5. The Hall–Kier alpha value is -1.70. The molecule has 0 aliphatic rings. The van der Waals surface area contributed by atoms with Crippen LogP contribution in [0.25, 0.3) is 0 Å². The third-order valence-electron chi connectivity index (χ3n) is 2.21. The van der Waals surface area contributed by atoms with Crippen molar-refractivity contribution in [1.29, 1.82) is 0 Å². The summed E-state index contributed by atoms with van der Waals surface area (Å²) in [5, 5.41) is 0. The number of hydrogen-bond donors (Lipinski definition) is 1. The Labute approximate surface area is 110 Å². The molecule has 2 nitrogen and oxygen atoms in total. The van der Waals surface area contributed by atoms with Crippen LogP contribution in [-0.2, 0) is 12.4 Å². The smallest absolute Gasteiger partial charge is 0.416 e. The molecule has 0 bridgehead atoms. The SMILES string of the molecule is NCC=CCOc1cc(C(F)(F)F)cc(C(F)(F)F)c1. The van der Waals surface area contributed by atoms with Gasteiger partial charge in [-0.3, -0.25) is 0 Å². The lowest BCUT2D eigenvalue weighted by Gasteiger charge is -2.14. The molecule has 8 heteroatoms. The molecule has 1 aromatic carbocycles. The number of halogens is 6. The highest BCUT2D eigenvalue weighted by Gasteiger charge is 2.37. The second-order valence-corrected chi connectivity index (χ2v) is 3.76. The Morgan fingerprint density at radius 1 is 0.900 bits per heavy atom. The molecule has 0 spiro atoms. The van der Waals surface area contributed by atoms with E-state index in [1.54, 1.807) is 0 Å². The molecule has 1 aromatic rings. The van der Waals surface area contributed by atoms with Crippen molar-refractivity contribution in [3.05, 3.63) is 41.5 Å². The molecule has 0 fully saturated rings.